The summed E-state index contributed by atoms with van der Waals surface area (Å²) in [4.78, 5) is 15.8. The number of nitrogens with zero attached hydrogens (tertiary/aromatic N) is 4. The van der Waals surface area contributed by atoms with E-state index in [9.17, 15) is 4.79 Å². The largest absolute Gasteiger partial charge is 0.385 e. The van der Waals surface area contributed by atoms with Gasteiger partial charge in [0.1, 0.15) is 6.33 Å². The second-order valence-corrected chi connectivity index (χ2v) is 3.75. The van der Waals surface area contributed by atoms with Crippen molar-refractivity contribution in [3.05, 3.63) is 40.8 Å². The van der Waals surface area contributed by atoms with Gasteiger partial charge in [-0.15, -0.1) is 0 Å². The van der Waals surface area contributed by atoms with Crippen LogP contribution >= 0.6 is 0 Å². The third kappa shape index (κ3) is 2.52. The minimum atomic E-state index is -0.138. The molecule has 0 aliphatic heterocycles. The molecule has 0 saturated heterocycles. The molecular formula is C11H15N5O. The summed E-state index contributed by atoms with van der Waals surface area (Å²) in [5.74, 6) is 0. The van der Waals surface area contributed by atoms with Crippen molar-refractivity contribution in [1.82, 2.24) is 19.3 Å². The Morgan fingerprint density at radius 2 is 2.29 bits per heavy atom. The zero-order chi connectivity index (χ0) is 12.3. The first-order valence-corrected chi connectivity index (χ1v) is 5.48. The summed E-state index contributed by atoms with van der Waals surface area (Å²) in [7, 11) is 1.67. The van der Waals surface area contributed by atoms with Crippen LogP contribution in [-0.4, -0.2) is 25.9 Å². The molecule has 6 heteroatoms. The van der Waals surface area contributed by atoms with Crippen LogP contribution in [0.4, 0.5) is 5.69 Å². The Hall–Kier alpha value is -2.11. The van der Waals surface area contributed by atoms with Crippen LogP contribution in [0.1, 0.15) is 12.6 Å². The predicted octanol–water partition coefficient (Wildman–Crippen LogP) is 0.457. The number of hydrogen-bond acceptors (Lipinski definition) is 4. The van der Waals surface area contributed by atoms with Crippen molar-refractivity contribution in [2.24, 2.45) is 7.05 Å². The van der Waals surface area contributed by atoms with E-state index in [4.69, 9.17) is 0 Å². The van der Waals surface area contributed by atoms with E-state index in [0.717, 1.165) is 17.9 Å². The van der Waals surface area contributed by atoms with Crippen LogP contribution in [0, 0.1) is 0 Å². The lowest BCUT2D eigenvalue weighted by Gasteiger charge is -2.05. The van der Waals surface area contributed by atoms with E-state index in [-0.39, 0.29) is 5.69 Å². The molecule has 0 atom stereocenters. The molecular weight excluding hydrogens is 218 g/mol. The summed E-state index contributed by atoms with van der Waals surface area (Å²) in [5, 5.41) is 7.19. The molecule has 17 heavy (non-hydrogen) atoms. The maximum absolute atomic E-state index is 11.6. The molecule has 2 rings (SSSR count). The Morgan fingerprint density at radius 1 is 1.47 bits per heavy atom. The highest BCUT2D eigenvalue weighted by atomic mass is 16.2. The van der Waals surface area contributed by atoms with Gasteiger partial charge in [-0.25, -0.2) is 9.48 Å². The summed E-state index contributed by atoms with van der Waals surface area (Å²) in [6.45, 7) is 3.27. The summed E-state index contributed by atoms with van der Waals surface area (Å²) in [6, 6.07) is 3.82. The number of nitrogens with one attached hydrogen (secondary N) is 1. The molecule has 0 spiro atoms. The van der Waals surface area contributed by atoms with Crippen LogP contribution < -0.4 is 11.0 Å². The molecule has 0 fully saturated rings. The average Bonchev–Trinajstić information content (AvgIpc) is 2.62. The predicted molar refractivity (Wildman–Crippen MR) is 65.0 cm³/mol. The van der Waals surface area contributed by atoms with Crippen molar-refractivity contribution in [2.45, 2.75) is 13.5 Å². The van der Waals surface area contributed by atoms with Gasteiger partial charge in [-0.3, -0.25) is 9.55 Å². The lowest BCUT2D eigenvalue weighted by atomic mass is 10.3. The summed E-state index contributed by atoms with van der Waals surface area (Å²) in [5.41, 5.74) is 1.67. The number of aromatic nitrogens is 4. The van der Waals surface area contributed by atoms with Gasteiger partial charge >= 0.3 is 5.69 Å². The molecule has 0 radical (unpaired) electrons. The molecule has 90 valence electrons. The molecule has 0 unspecified atom stereocenters. The van der Waals surface area contributed by atoms with Gasteiger partial charge in [-0.1, -0.05) is 0 Å². The van der Waals surface area contributed by atoms with Crippen LogP contribution in [0.15, 0.2) is 29.5 Å². The Kier molecular flexibility index (Phi) is 3.22. The van der Waals surface area contributed by atoms with Crippen molar-refractivity contribution >= 4 is 5.69 Å². The maximum atomic E-state index is 11.6. The Labute approximate surface area is 98.9 Å². The minimum Gasteiger partial charge on any atom is -0.385 e. The number of aryl methyl sites for hydroxylation is 1. The monoisotopic (exact) mass is 233 g/mol. The first kappa shape index (κ1) is 11.4. The molecule has 0 amide bonds. The van der Waals surface area contributed by atoms with Gasteiger partial charge < -0.3 is 5.32 Å². The summed E-state index contributed by atoms with van der Waals surface area (Å²) < 4.78 is 2.83. The van der Waals surface area contributed by atoms with Crippen LogP contribution in [0.3, 0.4) is 0 Å². The molecule has 6 nitrogen and oxygen atoms in total. The number of anilines is 1. The zero-order valence-electron chi connectivity index (χ0n) is 9.92. The van der Waals surface area contributed by atoms with E-state index in [1.54, 1.807) is 13.2 Å². The first-order valence-electron chi connectivity index (χ1n) is 5.48. The van der Waals surface area contributed by atoms with Gasteiger partial charge in [0, 0.05) is 25.5 Å². The van der Waals surface area contributed by atoms with Crippen molar-refractivity contribution < 1.29 is 0 Å². The molecule has 0 saturated carbocycles. The summed E-state index contributed by atoms with van der Waals surface area (Å²) in [6.07, 6.45) is 3.22. The van der Waals surface area contributed by atoms with E-state index >= 15 is 0 Å². The quantitative estimate of drug-likeness (QED) is 0.833. The lowest BCUT2D eigenvalue weighted by Crippen LogP contribution is -2.23. The first-order chi connectivity index (χ1) is 8.20. The number of rotatable bonds is 4. The summed E-state index contributed by atoms with van der Waals surface area (Å²) >= 11 is 0. The smallest absolute Gasteiger partial charge is 0.345 e. The Morgan fingerprint density at radius 3 is 2.94 bits per heavy atom. The molecule has 0 aromatic carbocycles. The zero-order valence-corrected chi connectivity index (χ0v) is 9.92. The van der Waals surface area contributed by atoms with E-state index in [2.05, 4.69) is 15.4 Å². The topological polar surface area (TPSA) is 64.7 Å². The van der Waals surface area contributed by atoms with Gasteiger partial charge in [-0.05, 0) is 19.1 Å². The van der Waals surface area contributed by atoms with E-state index in [0.29, 0.717) is 6.54 Å². The van der Waals surface area contributed by atoms with Gasteiger partial charge in [0.05, 0.1) is 12.2 Å². The van der Waals surface area contributed by atoms with Gasteiger partial charge in [-0.2, -0.15) is 5.10 Å². The van der Waals surface area contributed by atoms with Crippen LogP contribution in [0.2, 0.25) is 0 Å². The molecule has 0 aliphatic rings. The second kappa shape index (κ2) is 4.82. The molecule has 1 N–H and O–H groups in total. The highest BCUT2D eigenvalue weighted by molar-refractivity contribution is 5.42. The maximum Gasteiger partial charge on any atom is 0.345 e. The fourth-order valence-electron chi connectivity index (χ4n) is 1.56. The Bertz CT molecular complexity index is 557. The van der Waals surface area contributed by atoms with Crippen LogP contribution in [-0.2, 0) is 13.6 Å². The van der Waals surface area contributed by atoms with Crippen LogP contribution in [0.5, 0.6) is 0 Å². The standard InChI is InChI=1S/C11H15N5O/c1-3-12-9-4-5-13-10(6-9)7-16-11(17)15(2)8-14-16/h4-6,8H,3,7H2,1-2H3,(H,12,13). The van der Waals surface area contributed by atoms with Crippen LogP contribution in [0.25, 0.3) is 0 Å². The fourth-order valence-corrected chi connectivity index (χ4v) is 1.56. The molecule has 2 aromatic heterocycles. The molecule has 2 aromatic rings. The van der Waals surface area contributed by atoms with E-state index in [1.165, 1.54) is 15.6 Å². The lowest BCUT2D eigenvalue weighted by molar-refractivity contribution is 0.635. The van der Waals surface area contributed by atoms with Gasteiger partial charge in [0.2, 0.25) is 0 Å². The minimum absolute atomic E-state index is 0.138. The normalized spacial score (nSPS) is 10.5. The van der Waals surface area contributed by atoms with E-state index < -0.39 is 0 Å². The third-order valence-electron chi connectivity index (χ3n) is 2.40. The fraction of sp³-hybridized carbons (Fsp3) is 0.364. The third-order valence-corrected chi connectivity index (χ3v) is 2.40. The van der Waals surface area contributed by atoms with Crippen molar-refractivity contribution in [1.29, 1.82) is 0 Å². The highest BCUT2D eigenvalue weighted by Gasteiger charge is 2.04. The molecule has 0 aliphatic carbocycles. The number of hydrogen-bond donors (Lipinski definition) is 1. The van der Waals surface area contributed by atoms with Gasteiger partial charge in [0.15, 0.2) is 0 Å². The SMILES string of the molecule is CCNc1ccnc(Cn2ncn(C)c2=O)c1. The van der Waals surface area contributed by atoms with Crippen molar-refractivity contribution in [3.8, 4) is 0 Å². The van der Waals surface area contributed by atoms with Crippen molar-refractivity contribution in [2.75, 3.05) is 11.9 Å². The average molecular weight is 233 g/mol. The second-order valence-electron chi connectivity index (χ2n) is 3.75. The molecule has 2 heterocycles. The van der Waals surface area contributed by atoms with E-state index in [1.807, 2.05) is 19.1 Å². The highest BCUT2D eigenvalue weighted by Crippen LogP contribution is 2.07. The van der Waals surface area contributed by atoms with Crippen molar-refractivity contribution in [3.63, 3.8) is 0 Å². The van der Waals surface area contributed by atoms with Gasteiger partial charge in [0.25, 0.3) is 0 Å². The molecule has 0 bridgehead atoms. The Balaban J connectivity index is 2.21. The number of pyridine rings is 1.